The van der Waals surface area contributed by atoms with Crippen LogP contribution in [0, 0.1) is 20.8 Å². The first-order chi connectivity index (χ1) is 7.72. The predicted octanol–water partition coefficient (Wildman–Crippen LogP) is 2.52. The molecule has 1 atom stereocenters. The lowest BCUT2D eigenvalue weighted by molar-refractivity contribution is -0.125. The van der Waals surface area contributed by atoms with Gasteiger partial charge in [-0.3, -0.25) is 4.68 Å². The molecule has 0 amide bonds. The zero-order valence-electron chi connectivity index (χ0n) is 10.5. The molecule has 0 bridgehead atoms. The number of hydrogen-bond acceptors (Lipinski definition) is 2. The van der Waals surface area contributed by atoms with Crippen LogP contribution in [0.3, 0.4) is 0 Å². The third kappa shape index (κ3) is 3.73. The first-order valence-corrected chi connectivity index (χ1v) is 5.52. The Kier molecular flexibility index (Phi) is 4.19. The molecule has 0 aromatic carbocycles. The van der Waals surface area contributed by atoms with Gasteiger partial charge in [0.2, 0.25) is 0 Å². The zero-order chi connectivity index (χ0) is 13.2. The monoisotopic (exact) mass is 249 g/mol. The van der Waals surface area contributed by atoms with Crippen molar-refractivity contribution in [1.29, 1.82) is 0 Å². The van der Waals surface area contributed by atoms with Gasteiger partial charge >= 0.3 is 6.18 Å². The van der Waals surface area contributed by atoms with E-state index in [1.807, 2.05) is 27.7 Å². The Labute approximate surface area is 99.0 Å². The molecule has 6 heteroatoms. The molecule has 0 aliphatic carbocycles. The molecule has 1 aromatic heterocycles. The second-order valence-electron chi connectivity index (χ2n) is 4.34. The molecule has 1 rings (SSSR count). The van der Waals surface area contributed by atoms with Crippen molar-refractivity contribution in [3.8, 4) is 0 Å². The van der Waals surface area contributed by atoms with Crippen LogP contribution in [-0.4, -0.2) is 29.0 Å². The number of alkyl halides is 3. The average Bonchev–Trinajstić information content (AvgIpc) is 2.44. The minimum Gasteiger partial charge on any atom is -0.307 e. The van der Waals surface area contributed by atoms with E-state index in [1.54, 1.807) is 4.68 Å². The van der Waals surface area contributed by atoms with E-state index in [-0.39, 0.29) is 12.6 Å². The van der Waals surface area contributed by atoms with E-state index in [9.17, 15) is 13.2 Å². The van der Waals surface area contributed by atoms with Gasteiger partial charge in [0.25, 0.3) is 0 Å². The molecule has 0 radical (unpaired) electrons. The molecule has 1 N–H and O–H groups in total. The molecule has 0 saturated heterocycles. The number of hydrogen-bond donors (Lipinski definition) is 1. The van der Waals surface area contributed by atoms with Crippen molar-refractivity contribution in [3.63, 3.8) is 0 Å². The van der Waals surface area contributed by atoms with E-state index in [1.165, 1.54) is 0 Å². The van der Waals surface area contributed by atoms with Crippen molar-refractivity contribution >= 4 is 0 Å². The third-order valence-corrected chi connectivity index (χ3v) is 2.87. The summed E-state index contributed by atoms with van der Waals surface area (Å²) in [6.07, 6.45) is -4.16. The quantitative estimate of drug-likeness (QED) is 0.888. The van der Waals surface area contributed by atoms with Gasteiger partial charge in [-0.05, 0) is 33.3 Å². The van der Waals surface area contributed by atoms with Crippen molar-refractivity contribution in [2.45, 2.75) is 39.9 Å². The number of nitrogens with one attached hydrogen (secondary N) is 1. The summed E-state index contributed by atoms with van der Waals surface area (Å²) < 4.78 is 37.7. The zero-order valence-corrected chi connectivity index (χ0v) is 10.5. The molecule has 98 valence electrons. The Bertz CT molecular complexity index is 382. The molecule has 0 aliphatic rings. The van der Waals surface area contributed by atoms with Crippen LogP contribution in [-0.2, 0) is 0 Å². The van der Waals surface area contributed by atoms with Gasteiger partial charge in [0.05, 0.1) is 18.3 Å². The van der Waals surface area contributed by atoms with Crippen molar-refractivity contribution < 1.29 is 13.2 Å². The topological polar surface area (TPSA) is 29.9 Å². The summed E-state index contributed by atoms with van der Waals surface area (Å²) in [5.41, 5.74) is 3.02. The van der Waals surface area contributed by atoms with E-state index in [0.29, 0.717) is 0 Å². The second-order valence-corrected chi connectivity index (χ2v) is 4.34. The van der Waals surface area contributed by atoms with E-state index in [2.05, 4.69) is 10.4 Å². The van der Waals surface area contributed by atoms with E-state index in [0.717, 1.165) is 17.0 Å². The average molecular weight is 249 g/mol. The molecule has 0 fully saturated rings. The van der Waals surface area contributed by atoms with Crippen molar-refractivity contribution in [2.24, 2.45) is 0 Å². The summed E-state index contributed by atoms with van der Waals surface area (Å²) in [5, 5.41) is 6.71. The highest BCUT2D eigenvalue weighted by molar-refractivity contribution is 5.22. The third-order valence-electron chi connectivity index (χ3n) is 2.87. The second kappa shape index (κ2) is 5.08. The van der Waals surface area contributed by atoms with Crippen molar-refractivity contribution in [3.05, 3.63) is 17.0 Å². The highest BCUT2D eigenvalue weighted by Gasteiger charge is 2.26. The molecule has 0 saturated carbocycles. The highest BCUT2D eigenvalue weighted by Crippen LogP contribution is 2.16. The Morgan fingerprint density at radius 3 is 2.29 bits per heavy atom. The van der Waals surface area contributed by atoms with Gasteiger partial charge in [0, 0.05) is 12.2 Å². The van der Waals surface area contributed by atoms with Gasteiger partial charge in [-0.1, -0.05) is 0 Å². The maximum Gasteiger partial charge on any atom is 0.401 e. The molecule has 1 unspecified atom stereocenters. The fraction of sp³-hybridized carbons (Fsp3) is 0.727. The van der Waals surface area contributed by atoms with Crippen LogP contribution in [0.4, 0.5) is 13.2 Å². The van der Waals surface area contributed by atoms with Crippen LogP contribution in [0.15, 0.2) is 0 Å². The van der Waals surface area contributed by atoms with E-state index < -0.39 is 12.7 Å². The lowest BCUT2D eigenvalue weighted by Crippen LogP contribution is -2.33. The molecular weight excluding hydrogens is 231 g/mol. The fourth-order valence-electron chi connectivity index (χ4n) is 1.68. The van der Waals surface area contributed by atoms with Gasteiger partial charge in [-0.25, -0.2) is 0 Å². The molecule has 17 heavy (non-hydrogen) atoms. The molecule has 1 heterocycles. The van der Waals surface area contributed by atoms with Gasteiger partial charge < -0.3 is 5.32 Å². The number of aryl methyl sites for hydroxylation is 1. The minimum atomic E-state index is -4.16. The summed E-state index contributed by atoms with van der Waals surface area (Å²) in [6.45, 7) is 6.92. The Morgan fingerprint density at radius 2 is 1.88 bits per heavy atom. The summed E-state index contributed by atoms with van der Waals surface area (Å²) in [4.78, 5) is 0. The van der Waals surface area contributed by atoms with Crippen LogP contribution < -0.4 is 5.32 Å². The van der Waals surface area contributed by atoms with Crippen LogP contribution in [0.5, 0.6) is 0 Å². The predicted molar refractivity (Wildman–Crippen MR) is 60.1 cm³/mol. The fourth-order valence-corrected chi connectivity index (χ4v) is 1.68. The minimum absolute atomic E-state index is 0.0928. The summed E-state index contributed by atoms with van der Waals surface area (Å²) in [7, 11) is 0. The van der Waals surface area contributed by atoms with Crippen LogP contribution in [0.2, 0.25) is 0 Å². The van der Waals surface area contributed by atoms with Gasteiger partial charge in [0.15, 0.2) is 0 Å². The largest absolute Gasteiger partial charge is 0.401 e. The van der Waals surface area contributed by atoms with E-state index in [4.69, 9.17) is 0 Å². The van der Waals surface area contributed by atoms with Gasteiger partial charge in [0.1, 0.15) is 0 Å². The maximum absolute atomic E-state index is 12.0. The van der Waals surface area contributed by atoms with Crippen molar-refractivity contribution in [1.82, 2.24) is 15.1 Å². The molecule has 1 aromatic rings. The lowest BCUT2D eigenvalue weighted by Gasteiger charge is -2.16. The Morgan fingerprint density at radius 1 is 1.29 bits per heavy atom. The number of halogens is 3. The van der Waals surface area contributed by atoms with Gasteiger partial charge in [-0.2, -0.15) is 18.3 Å². The SMILES string of the molecule is Cc1nn(C(C)CNCC(F)(F)F)c(C)c1C. The number of aromatic nitrogens is 2. The molecule has 3 nitrogen and oxygen atoms in total. The number of nitrogens with zero attached hydrogens (tertiary/aromatic N) is 2. The first-order valence-electron chi connectivity index (χ1n) is 5.52. The normalized spacial score (nSPS) is 14.1. The van der Waals surface area contributed by atoms with Crippen molar-refractivity contribution in [2.75, 3.05) is 13.1 Å². The number of rotatable bonds is 4. The maximum atomic E-state index is 12.0. The summed E-state index contributed by atoms with van der Waals surface area (Å²) in [5.74, 6) is 0. The van der Waals surface area contributed by atoms with Gasteiger partial charge in [-0.15, -0.1) is 0 Å². The lowest BCUT2D eigenvalue weighted by atomic mass is 10.2. The molecule has 0 aliphatic heterocycles. The first kappa shape index (κ1) is 14.0. The smallest absolute Gasteiger partial charge is 0.307 e. The highest BCUT2D eigenvalue weighted by atomic mass is 19.4. The molecular formula is C11H18F3N3. The Hall–Kier alpha value is -1.04. The standard InChI is InChI=1S/C11H18F3N3/c1-7(5-15-6-11(12,13)14)17-10(4)8(2)9(3)16-17/h7,15H,5-6H2,1-4H3. The van der Waals surface area contributed by atoms with Crippen LogP contribution in [0.25, 0.3) is 0 Å². The summed E-state index contributed by atoms with van der Waals surface area (Å²) >= 11 is 0. The Balaban J connectivity index is 2.58. The summed E-state index contributed by atoms with van der Waals surface area (Å²) in [6, 6.07) is -0.0928. The van der Waals surface area contributed by atoms with E-state index >= 15 is 0 Å². The van der Waals surface area contributed by atoms with Crippen LogP contribution in [0.1, 0.15) is 29.9 Å². The van der Waals surface area contributed by atoms with Crippen LogP contribution >= 0.6 is 0 Å². The molecule has 0 spiro atoms.